The Kier molecular flexibility index (Phi) is 7.35. The summed E-state index contributed by atoms with van der Waals surface area (Å²) in [4.78, 5) is 39.9. The first-order valence-corrected chi connectivity index (χ1v) is 14.2. The van der Waals surface area contributed by atoms with Gasteiger partial charge in [0.1, 0.15) is 23.0 Å². The molecule has 4 N–H and O–H groups in total. The molecule has 208 valence electrons. The Bertz CT molecular complexity index is 1740. The summed E-state index contributed by atoms with van der Waals surface area (Å²) in [7, 11) is 0. The molecule has 6 aromatic rings. The number of thioether (sulfide) groups is 2. The summed E-state index contributed by atoms with van der Waals surface area (Å²) in [5.41, 5.74) is 3.05. The number of hydrogen-bond acceptors (Lipinski definition) is 11. The molecule has 0 aliphatic rings. The van der Waals surface area contributed by atoms with Gasteiger partial charge in [0, 0.05) is 24.3 Å². The lowest BCUT2D eigenvalue weighted by molar-refractivity contribution is -0.114. The van der Waals surface area contributed by atoms with Crippen LogP contribution in [0.25, 0.3) is 22.1 Å². The number of nitrogens with one attached hydrogen (secondary N) is 4. The van der Waals surface area contributed by atoms with E-state index in [4.69, 9.17) is 13.8 Å². The number of rotatable bonds is 10. The third-order valence-corrected chi connectivity index (χ3v) is 7.32. The normalized spacial score (nSPS) is 11.3. The molecule has 4 heterocycles. The maximum Gasteiger partial charge on any atom is 0.236 e. The van der Waals surface area contributed by atoms with Crippen LogP contribution >= 0.6 is 23.5 Å². The zero-order valence-corrected chi connectivity index (χ0v) is 23.3. The van der Waals surface area contributed by atoms with Gasteiger partial charge in [-0.15, -0.1) is 0 Å². The summed E-state index contributed by atoms with van der Waals surface area (Å²) >= 11 is 2.55. The van der Waals surface area contributed by atoms with Crippen molar-refractivity contribution < 1.29 is 23.4 Å². The van der Waals surface area contributed by atoms with Gasteiger partial charge in [-0.3, -0.25) is 9.59 Å². The van der Waals surface area contributed by atoms with Crippen LogP contribution in [-0.2, 0) is 9.59 Å². The van der Waals surface area contributed by atoms with Crippen molar-refractivity contribution >= 4 is 69.0 Å². The number of fused-ring (bicyclic) bond motifs is 2. The number of aromatic amines is 2. The molecular weight excluding hydrogens is 568 g/mol. The van der Waals surface area contributed by atoms with Crippen molar-refractivity contribution in [2.75, 3.05) is 22.1 Å². The largest absolute Gasteiger partial charge is 0.457 e. The Morgan fingerprint density at radius 1 is 0.756 bits per heavy atom. The highest BCUT2D eigenvalue weighted by Gasteiger charge is 2.12. The molecule has 13 nitrogen and oxygen atoms in total. The lowest BCUT2D eigenvalue weighted by Crippen LogP contribution is -2.14. The molecule has 0 fully saturated rings. The van der Waals surface area contributed by atoms with Crippen LogP contribution in [0.3, 0.4) is 0 Å². The van der Waals surface area contributed by atoms with Crippen LogP contribution < -0.4 is 15.4 Å². The maximum atomic E-state index is 12.2. The van der Waals surface area contributed by atoms with Gasteiger partial charge in [0.15, 0.2) is 21.9 Å². The first-order valence-electron chi connectivity index (χ1n) is 12.3. The van der Waals surface area contributed by atoms with Gasteiger partial charge in [-0.2, -0.15) is 0 Å². The van der Waals surface area contributed by atoms with Gasteiger partial charge < -0.3 is 34.4 Å². The molecule has 0 saturated carbocycles. The highest BCUT2D eigenvalue weighted by Crippen LogP contribution is 2.29. The number of benzene rings is 2. The second-order valence-corrected chi connectivity index (χ2v) is 10.8. The van der Waals surface area contributed by atoms with E-state index in [9.17, 15) is 9.59 Å². The summed E-state index contributed by atoms with van der Waals surface area (Å²) in [6.07, 6.45) is 0. The number of aromatic nitrogens is 6. The van der Waals surface area contributed by atoms with Gasteiger partial charge in [0.05, 0.1) is 33.6 Å². The first kappa shape index (κ1) is 26.5. The fraction of sp³-hybridized carbons (Fsp3) is 0.154. The number of ether oxygens (including phenoxy) is 1. The van der Waals surface area contributed by atoms with Crippen LogP contribution in [0.5, 0.6) is 11.5 Å². The summed E-state index contributed by atoms with van der Waals surface area (Å²) in [5, 5.41) is 14.1. The van der Waals surface area contributed by atoms with E-state index in [2.05, 4.69) is 40.9 Å². The number of carbonyl (C=O) groups is 2. The van der Waals surface area contributed by atoms with E-state index in [1.165, 1.54) is 23.5 Å². The van der Waals surface area contributed by atoms with E-state index in [1.807, 2.05) is 36.4 Å². The molecule has 6 rings (SSSR count). The molecule has 4 aromatic heterocycles. The number of H-pyrrole nitrogens is 2. The summed E-state index contributed by atoms with van der Waals surface area (Å²) in [6, 6.07) is 14.3. The van der Waals surface area contributed by atoms with Gasteiger partial charge in [-0.05, 0) is 38.1 Å². The van der Waals surface area contributed by atoms with Crippen molar-refractivity contribution in [3.05, 3.63) is 60.1 Å². The minimum absolute atomic E-state index is 0.158. The zero-order chi connectivity index (χ0) is 28.3. The summed E-state index contributed by atoms with van der Waals surface area (Å²) in [6.45, 7) is 3.51. The maximum absolute atomic E-state index is 12.2. The SMILES string of the molecule is Cc1cc(NC(=O)CSc2nc3ccc(Oc4ccc5nc(SCC(=O)Nc6cc(C)on6)[nH]c5c4)cc3[nH]2)no1. The zero-order valence-electron chi connectivity index (χ0n) is 21.7. The molecule has 0 atom stereocenters. The van der Waals surface area contributed by atoms with E-state index >= 15 is 0 Å². The lowest BCUT2D eigenvalue weighted by Gasteiger charge is -2.05. The van der Waals surface area contributed by atoms with Crippen molar-refractivity contribution in [1.29, 1.82) is 0 Å². The number of imidazole rings is 2. The quantitative estimate of drug-likeness (QED) is 0.153. The summed E-state index contributed by atoms with van der Waals surface area (Å²) in [5.74, 6) is 3.11. The predicted octanol–water partition coefficient (Wildman–Crippen LogP) is 5.29. The van der Waals surface area contributed by atoms with Gasteiger partial charge in [0.2, 0.25) is 11.8 Å². The van der Waals surface area contributed by atoms with Crippen molar-refractivity contribution in [3.63, 3.8) is 0 Å². The number of nitrogens with zero attached hydrogens (tertiary/aromatic N) is 4. The molecule has 0 aliphatic heterocycles. The number of anilines is 2. The Morgan fingerprint density at radius 2 is 1.22 bits per heavy atom. The van der Waals surface area contributed by atoms with Crippen LogP contribution in [0.1, 0.15) is 11.5 Å². The number of carbonyl (C=O) groups excluding carboxylic acids is 2. The average Bonchev–Trinajstić information content (AvgIpc) is 3.73. The fourth-order valence-electron chi connectivity index (χ4n) is 3.81. The smallest absolute Gasteiger partial charge is 0.236 e. The van der Waals surface area contributed by atoms with Crippen LogP contribution in [0.15, 0.2) is 67.9 Å². The Balaban J connectivity index is 1.05. The van der Waals surface area contributed by atoms with Gasteiger partial charge in [-0.25, -0.2) is 9.97 Å². The van der Waals surface area contributed by atoms with E-state index in [1.54, 1.807) is 26.0 Å². The minimum Gasteiger partial charge on any atom is -0.457 e. The molecule has 2 aromatic carbocycles. The molecule has 41 heavy (non-hydrogen) atoms. The molecule has 0 aliphatic carbocycles. The second-order valence-electron chi connectivity index (χ2n) is 8.86. The van der Waals surface area contributed by atoms with Crippen LogP contribution in [0, 0.1) is 13.8 Å². The Morgan fingerprint density at radius 3 is 1.63 bits per heavy atom. The topological polar surface area (TPSA) is 177 Å². The molecule has 0 radical (unpaired) electrons. The van der Waals surface area contributed by atoms with Crippen molar-refractivity contribution in [1.82, 2.24) is 30.2 Å². The first-order chi connectivity index (χ1) is 19.9. The van der Waals surface area contributed by atoms with Gasteiger partial charge in [0.25, 0.3) is 0 Å². The van der Waals surface area contributed by atoms with Gasteiger partial charge in [-0.1, -0.05) is 33.8 Å². The number of aryl methyl sites for hydroxylation is 2. The molecule has 0 saturated heterocycles. The monoisotopic (exact) mass is 590 g/mol. The van der Waals surface area contributed by atoms with Crippen molar-refractivity contribution in [2.45, 2.75) is 24.2 Å². The van der Waals surface area contributed by atoms with Crippen LogP contribution in [0.2, 0.25) is 0 Å². The third kappa shape index (κ3) is 6.53. The van der Waals surface area contributed by atoms with E-state index in [0.29, 0.717) is 45.0 Å². The highest BCUT2D eigenvalue weighted by atomic mass is 32.2. The van der Waals surface area contributed by atoms with E-state index in [0.717, 1.165) is 22.1 Å². The van der Waals surface area contributed by atoms with Crippen LogP contribution in [0.4, 0.5) is 11.6 Å². The molecule has 2 amide bonds. The molecule has 15 heteroatoms. The van der Waals surface area contributed by atoms with Crippen molar-refractivity contribution in [2.24, 2.45) is 0 Å². The third-order valence-electron chi connectivity index (χ3n) is 5.57. The lowest BCUT2D eigenvalue weighted by atomic mass is 10.3. The standard InChI is InChI=1S/C26H22N8O5S2/c1-13-7-21(33-38-13)31-23(35)11-40-25-27-17-5-3-15(9-19(17)29-25)37-16-4-6-18-20(10-16)30-26(28-18)41-12-24(36)32-22-8-14(2)39-34-22/h3-10H,11-12H2,1-2H3,(H,27,29)(H,28,30)(H,31,33,35)(H,32,34,36). The van der Waals surface area contributed by atoms with Crippen molar-refractivity contribution in [3.8, 4) is 11.5 Å². The molecular formula is C26H22N8O5S2. The molecule has 0 unspecified atom stereocenters. The second kappa shape index (κ2) is 11.4. The Hall–Kier alpha value is -4.76. The predicted molar refractivity (Wildman–Crippen MR) is 153 cm³/mol. The highest BCUT2D eigenvalue weighted by molar-refractivity contribution is 8.00. The summed E-state index contributed by atoms with van der Waals surface area (Å²) < 4.78 is 16.0. The number of hydrogen-bond donors (Lipinski definition) is 4. The molecule has 0 spiro atoms. The van der Waals surface area contributed by atoms with Gasteiger partial charge >= 0.3 is 0 Å². The van der Waals surface area contributed by atoms with E-state index in [-0.39, 0.29) is 23.3 Å². The fourth-order valence-corrected chi connectivity index (χ4v) is 5.18. The minimum atomic E-state index is -0.214. The van der Waals surface area contributed by atoms with E-state index < -0.39 is 0 Å². The number of amides is 2. The van der Waals surface area contributed by atoms with Crippen LogP contribution in [-0.4, -0.2) is 53.6 Å². The Labute approximate surface area is 240 Å². The molecule has 0 bridgehead atoms. The average molecular weight is 591 g/mol.